The third-order valence-electron chi connectivity index (χ3n) is 11.6. The molecular formula is C38H51N7O5S. The summed E-state index contributed by atoms with van der Waals surface area (Å²) < 4.78 is 11.5. The molecule has 1 spiro atoms. The Morgan fingerprint density at radius 3 is 2.47 bits per heavy atom. The van der Waals surface area contributed by atoms with Crippen LogP contribution in [0.25, 0.3) is 10.4 Å². The quantitative estimate of drug-likeness (QED) is 0.291. The first-order valence-electron chi connectivity index (χ1n) is 18.4. The molecule has 0 saturated carbocycles. The van der Waals surface area contributed by atoms with Gasteiger partial charge in [-0.15, -0.1) is 11.3 Å². The Labute approximate surface area is 304 Å². The summed E-state index contributed by atoms with van der Waals surface area (Å²) in [5, 5.41) is 7.52. The predicted molar refractivity (Wildman–Crippen MR) is 195 cm³/mol. The summed E-state index contributed by atoms with van der Waals surface area (Å²) in [6.07, 6.45) is 3.36. The number of likely N-dealkylation sites (tertiary alicyclic amines) is 3. The molecule has 4 saturated heterocycles. The molecule has 3 amide bonds. The van der Waals surface area contributed by atoms with Crippen LogP contribution < -0.4 is 10.2 Å². The second-order valence-electron chi connectivity index (χ2n) is 15.7. The van der Waals surface area contributed by atoms with E-state index < -0.39 is 12.0 Å². The first-order valence-corrected chi connectivity index (χ1v) is 19.3. The molecule has 3 aromatic rings. The summed E-state index contributed by atoms with van der Waals surface area (Å²) in [4.78, 5) is 53.9. The molecule has 0 radical (unpaired) electrons. The van der Waals surface area contributed by atoms with E-state index in [0.717, 1.165) is 54.0 Å². The number of nitrogens with zero attached hydrogens (tertiary/aromatic N) is 6. The fraction of sp³-hybridized carbons (Fsp3) is 0.605. The Hall–Kier alpha value is -3.97. The Balaban J connectivity index is 0.916. The van der Waals surface area contributed by atoms with Gasteiger partial charge in [0.15, 0.2) is 11.6 Å². The van der Waals surface area contributed by atoms with Crippen molar-refractivity contribution in [2.75, 3.05) is 51.3 Å². The summed E-state index contributed by atoms with van der Waals surface area (Å²) in [5.41, 5.74) is 5.01. The number of hydrogen-bond donors (Lipinski definition) is 1. The topological polar surface area (TPSA) is 124 Å². The molecule has 1 N–H and O–H groups in total. The van der Waals surface area contributed by atoms with Crippen LogP contribution >= 0.6 is 11.3 Å². The summed E-state index contributed by atoms with van der Waals surface area (Å²) in [7, 11) is 2.10. The number of aryl methyl sites for hydroxylation is 1. The van der Waals surface area contributed by atoms with Crippen molar-refractivity contribution in [3.63, 3.8) is 0 Å². The van der Waals surface area contributed by atoms with E-state index >= 15 is 0 Å². The van der Waals surface area contributed by atoms with Crippen molar-refractivity contribution < 1.29 is 23.6 Å². The zero-order valence-electron chi connectivity index (χ0n) is 30.6. The van der Waals surface area contributed by atoms with Gasteiger partial charge in [-0.2, -0.15) is 0 Å². The van der Waals surface area contributed by atoms with Gasteiger partial charge in [0, 0.05) is 56.3 Å². The van der Waals surface area contributed by atoms with Crippen LogP contribution in [-0.4, -0.2) is 107 Å². The summed E-state index contributed by atoms with van der Waals surface area (Å²) >= 11 is 1.62. The number of anilines is 1. The van der Waals surface area contributed by atoms with Gasteiger partial charge in [-0.1, -0.05) is 43.3 Å². The number of carbonyl (C=O) groups excluding carboxylic acids is 3. The number of carbonyl (C=O) groups is 3. The van der Waals surface area contributed by atoms with Crippen LogP contribution in [0.2, 0.25) is 0 Å². The normalized spacial score (nSPS) is 24.1. The number of benzene rings is 1. The lowest BCUT2D eigenvalue weighted by molar-refractivity contribution is -0.141. The van der Waals surface area contributed by atoms with Crippen LogP contribution in [0.3, 0.4) is 0 Å². The molecule has 13 heteroatoms. The first kappa shape index (κ1) is 35.4. The lowest BCUT2D eigenvalue weighted by atomic mass is 9.73. The molecule has 1 aromatic carbocycles. The lowest BCUT2D eigenvalue weighted by Crippen LogP contribution is -2.73. The van der Waals surface area contributed by atoms with Gasteiger partial charge in [0.1, 0.15) is 18.6 Å². The van der Waals surface area contributed by atoms with E-state index in [9.17, 15) is 14.4 Å². The van der Waals surface area contributed by atoms with E-state index in [1.807, 2.05) is 51.4 Å². The second kappa shape index (κ2) is 14.2. The van der Waals surface area contributed by atoms with Crippen LogP contribution in [0.1, 0.15) is 82.4 Å². The molecular weight excluding hydrogens is 667 g/mol. The molecule has 5 atom stereocenters. The maximum Gasteiger partial charge on any atom is 0.409 e. The van der Waals surface area contributed by atoms with Crippen molar-refractivity contribution in [2.45, 2.75) is 90.4 Å². The number of aromatic nitrogens is 2. The van der Waals surface area contributed by atoms with Crippen molar-refractivity contribution >= 4 is 35.1 Å². The van der Waals surface area contributed by atoms with Gasteiger partial charge in [-0.3, -0.25) is 14.5 Å². The number of nitrogens with one attached hydrogen (secondary N) is 1. The molecule has 4 fully saturated rings. The van der Waals surface area contributed by atoms with Gasteiger partial charge >= 0.3 is 6.09 Å². The smallest absolute Gasteiger partial charge is 0.409 e. The average molecular weight is 718 g/mol. The van der Waals surface area contributed by atoms with Crippen molar-refractivity contribution in [3.8, 4) is 10.4 Å². The molecule has 12 nitrogen and oxygen atoms in total. The highest BCUT2D eigenvalue weighted by Crippen LogP contribution is 2.43. The molecule has 0 bridgehead atoms. The molecule has 274 valence electrons. The van der Waals surface area contributed by atoms with E-state index in [2.05, 4.69) is 51.4 Å². The monoisotopic (exact) mass is 717 g/mol. The summed E-state index contributed by atoms with van der Waals surface area (Å²) in [6, 6.07) is 10.2. The Morgan fingerprint density at radius 1 is 1.08 bits per heavy atom. The zero-order chi connectivity index (χ0) is 36.0. The SMILES string of the molecule is Cc1ncsc1-c1ccc(C(C)NC(=O)C2CCCN2C(=O)C(c2cc(N3CC4(CN(C(=O)OCC5CC[C@@H](C)N5C)C4)C3)no2)C(C)C)cc1. The summed E-state index contributed by atoms with van der Waals surface area (Å²) in [6.45, 7) is 14.0. The van der Waals surface area contributed by atoms with Crippen LogP contribution in [0, 0.1) is 18.3 Å². The van der Waals surface area contributed by atoms with E-state index in [1.165, 1.54) is 0 Å². The predicted octanol–water partition coefficient (Wildman–Crippen LogP) is 5.46. The molecule has 0 aliphatic carbocycles. The number of hydrogen-bond acceptors (Lipinski definition) is 10. The fourth-order valence-corrected chi connectivity index (χ4v) is 9.18. The van der Waals surface area contributed by atoms with Crippen molar-refractivity contribution in [1.82, 2.24) is 30.2 Å². The third kappa shape index (κ3) is 6.98. The van der Waals surface area contributed by atoms with Gasteiger partial charge in [-0.05, 0) is 70.5 Å². The maximum absolute atomic E-state index is 14.1. The van der Waals surface area contributed by atoms with Crippen LogP contribution in [0.5, 0.6) is 0 Å². The van der Waals surface area contributed by atoms with Gasteiger partial charge < -0.3 is 29.3 Å². The fourth-order valence-electron chi connectivity index (χ4n) is 8.37. The van der Waals surface area contributed by atoms with E-state index in [-0.39, 0.29) is 35.3 Å². The van der Waals surface area contributed by atoms with Gasteiger partial charge in [-0.25, -0.2) is 9.78 Å². The van der Waals surface area contributed by atoms with Crippen LogP contribution in [0.15, 0.2) is 40.4 Å². The largest absolute Gasteiger partial charge is 0.448 e. The standard InChI is InChI=1S/C38H51N7O5S/c1-23(2)33(31-16-32(41-50-31)43-18-38(19-43)20-44(21-38)37(48)49-17-29-14-9-24(3)42(29)6)36(47)45-15-7-8-30(45)35(46)40-25(4)27-10-12-28(13-11-27)34-26(5)39-22-51-34/h10-13,16,22-25,29-30,33H,7-9,14-15,17-21H2,1-6H3,(H,40,46)/t24-,25?,29?,30?,33?/m1/s1. The van der Waals surface area contributed by atoms with Crippen LogP contribution in [0.4, 0.5) is 10.6 Å². The highest BCUT2D eigenvalue weighted by molar-refractivity contribution is 7.13. The zero-order valence-corrected chi connectivity index (χ0v) is 31.4. The minimum absolute atomic E-state index is 0.0416. The highest BCUT2D eigenvalue weighted by atomic mass is 32.1. The van der Waals surface area contributed by atoms with Crippen molar-refractivity contribution in [1.29, 1.82) is 0 Å². The number of ether oxygens (including phenoxy) is 1. The van der Waals surface area contributed by atoms with E-state index in [1.54, 1.807) is 21.1 Å². The summed E-state index contributed by atoms with van der Waals surface area (Å²) in [5.74, 6) is 0.380. The number of rotatable bonds is 10. The maximum atomic E-state index is 14.1. The molecule has 6 heterocycles. The Bertz CT molecular complexity index is 1730. The molecule has 4 aliphatic rings. The van der Waals surface area contributed by atoms with Gasteiger partial charge in [0.2, 0.25) is 11.8 Å². The van der Waals surface area contributed by atoms with Crippen molar-refractivity contribution in [2.24, 2.45) is 11.3 Å². The van der Waals surface area contributed by atoms with E-state index in [4.69, 9.17) is 9.26 Å². The molecule has 7 rings (SSSR count). The van der Waals surface area contributed by atoms with Gasteiger partial charge in [0.05, 0.1) is 22.1 Å². The number of thiazole rings is 1. The second-order valence-corrected chi connectivity index (χ2v) is 16.5. The Morgan fingerprint density at radius 2 is 1.82 bits per heavy atom. The minimum atomic E-state index is -0.550. The first-order chi connectivity index (χ1) is 24.4. The Kier molecular flexibility index (Phi) is 9.88. The molecule has 51 heavy (non-hydrogen) atoms. The third-order valence-corrected chi connectivity index (χ3v) is 12.6. The minimum Gasteiger partial charge on any atom is -0.448 e. The molecule has 4 aliphatic heterocycles. The van der Waals surface area contributed by atoms with Crippen LogP contribution in [-0.2, 0) is 14.3 Å². The molecule has 4 unspecified atom stereocenters. The molecule has 2 aromatic heterocycles. The number of amides is 3. The van der Waals surface area contributed by atoms with E-state index in [0.29, 0.717) is 56.3 Å². The van der Waals surface area contributed by atoms with Gasteiger partial charge in [0.25, 0.3) is 0 Å². The average Bonchev–Trinajstić information content (AvgIpc) is 3.88. The lowest BCUT2D eigenvalue weighted by Gasteiger charge is -2.59. The highest BCUT2D eigenvalue weighted by Gasteiger charge is 2.54. The number of likely N-dealkylation sites (N-methyl/N-ethyl adjacent to an activating group) is 1. The van der Waals surface area contributed by atoms with Crippen molar-refractivity contribution in [3.05, 3.63) is 52.9 Å².